The number of nitrogen functional groups attached to an aromatic ring is 1. The minimum Gasteiger partial charge on any atom is -0.399 e. The second-order valence-corrected chi connectivity index (χ2v) is 22.4. The molecule has 0 radical (unpaired) electrons. The first-order chi connectivity index (χ1) is 32.6. The van der Waals surface area contributed by atoms with Crippen molar-refractivity contribution in [3.8, 4) is 22.3 Å². The molecule has 68 heavy (non-hydrogen) atoms. The molecule has 5 heteroatoms. The van der Waals surface area contributed by atoms with Crippen molar-refractivity contribution in [1.29, 1.82) is 0 Å². The topological polar surface area (TPSA) is 35.7 Å². The summed E-state index contributed by atoms with van der Waals surface area (Å²) in [5.41, 5.74) is 29.7. The van der Waals surface area contributed by atoms with Crippen LogP contribution in [0.25, 0.3) is 22.3 Å². The first kappa shape index (κ1) is 42.4. The SMILES string of the molecule is CC(C)(C)c1cccc(N2c3cc(C(C)(C)C)ccc3B3c4cc(-c5ccccc5)ccc4N(c4ccc(-c5ccccc5)cc4)c4cc(N5c6ccc(N)cc6C6(C)CCCC56C)cc2c43)c1. The summed E-state index contributed by atoms with van der Waals surface area (Å²) >= 11 is 0. The summed E-state index contributed by atoms with van der Waals surface area (Å²) in [6.07, 6.45) is 3.39. The van der Waals surface area contributed by atoms with Crippen molar-refractivity contribution in [2.45, 2.75) is 96.4 Å². The zero-order valence-electron chi connectivity index (χ0n) is 40.9. The average molecular weight is 885 g/mol. The van der Waals surface area contributed by atoms with Gasteiger partial charge in [-0.1, -0.05) is 164 Å². The van der Waals surface area contributed by atoms with Gasteiger partial charge >= 0.3 is 0 Å². The van der Waals surface area contributed by atoms with E-state index in [9.17, 15) is 0 Å². The maximum atomic E-state index is 6.66. The molecule has 336 valence electrons. The van der Waals surface area contributed by atoms with Gasteiger partial charge in [-0.3, -0.25) is 0 Å². The van der Waals surface area contributed by atoms with Gasteiger partial charge in [0, 0.05) is 56.6 Å². The minimum absolute atomic E-state index is 0.0309. The van der Waals surface area contributed by atoms with Crippen molar-refractivity contribution in [3.63, 3.8) is 0 Å². The number of anilines is 9. The van der Waals surface area contributed by atoms with Crippen LogP contribution in [0.15, 0.2) is 176 Å². The quantitative estimate of drug-likeness (QED) is 0.138. The average Bonchev–Trinajstić information content (AvgIpc) is 3.74. The highest BCUT2D eigenvalue weighted by atomic mass is 15.3. The molecule has 3 aliphatic heterocycles. The third-order valence-corrected chi connectivity index (χ3v) is 16.4. The van der Waals surface area contributed by atoms with Gasteiger partial charge in [0.15, 0.2) is 0 Å². The highest BCUT2D eigenvalue weighted by molar-refractivity contribution is 7.00. The summed E-state index contributed by atoms with van der Waals surface area (Å²) in [4.78, 5) is 7.92. The van der Waals surface area contributed by atoms with E-state index in [0.29, 0.717) is 0 Å². The number of nitrogens with zero attached hydrogens (tertiary/aromatic N) is 3. The van der Waals surface area contributed by atoms with Crippen molar-refractivity contribution < 1.29 is 0 Å². The molecule has 3 heterocycles. The molecule has 12 rings (SSSR count). The molecule has 1 aliphatic carbocycles. The van der Waals surface area contributed by atoms with E-state index in [-0.39, 0.29) is 28.5 Å². The van der Waals surface area contributed by atoms with Crippen LogP contribution in [0, 0.1) is 0 Å². The molecule has 4 aliphatic rings. The monoisotopic (exact) mass is 884 g/mol. The predicted octanol–water partition coefficient (Wildman–Crippen LogP) is 14.6. The Kier molecular flexibility index (Phi) is 9.36. The Balaban J connectivity index is 1.20. The standard InChI is InChI=1S/C63H61BN4/c1-60(2,3)45-21-15-22-49(36-45)67-56-37-46(61(4,5)6)26-30-52(56)64-53-35-44(42-19-13-10-14-20-42)25-31-55(53)66(48-28-23-43(24-29-48)41-17-11-9-12-18-41)57-39-50(40-58(67)59(57)64)68-54-32-27-47(65)38-51(54)62(7)33-16-34-63(62,68)8/h9-15,17-32,35-40H,16,33-34,65H2,1-8H3. The van der Waals surface area contributed by atoms with E-state index in [1.807, 2.05) is 0 Å². The summed E-state index contributed by atoms with van der Waals surface area (Å²) in [6.45, 7) is 19.0. The molecule has 8 aromatic rings. The van der Waals surface area contributed by atoms with Crippen molar-refractivity contribution in [1.82, 2.24) is 0 Å². The van der Waals surface area contributed by atoms with Gasteiger partial charge in [-0.2, -0.15) is 0 Å². The van der Waals surface area contributed by atoms with E-state index in [1.54, 1.807) is 0 Å². The van der Waals surface area contributed by atoms with Crippen LogP contribution >= 0.6 is 0 Å². The van der Waals surface area contributed by atoms with Gasteiger partial charge in [-0.05, 0) is 153 Å². The lowest BCUT2D eigenvalue weighted by molar-refractivity contribution is 0.330. The third-order valence-electron chi connectivity index (χ3n) is 16.4. The molecule has 0 bridgehead atoms. The zero-order valence-corrected chi connectivity index (χ0v) is 40.9. The minimum atomic E-state index is -0.161. The van der Waals surface area contributed by atoms with E-state index in [4.69, 9.17) is 5.73 Å². The molecule has 2 unspecified atom stereocenters. The van der Waals surface area contributed by atoms with Crippen molar-refractivity contribution in [2.75, 3.05) is 20.4 Å². The Morgan fingerprint density at radius 2 is 1.06 bits per heavy atom. The molecule has 4 nitrogen and oxygen atoms in total. The Bertz CT molecular complexity index is 3290. The van der Waals surface area contributed by atoms with Crippen LogP contribution in [-0.4, -0.2) is 12.3 Å². The number of nitrogens with two attached hydrogens (primary N) is 1. The highest BCUT2D eigenvalue weighted by Crippen LogP contribution is 2.63. The molecule has 0 amide bonds. The lowest BCUT2D eigenvalue weighted by Crippen LogP contribution is -2.61. The molecule has 2 N–H and O–H groups in total. The van der Waals surface area contributed by atoms with Crippen LogP contribution < -0.4 is 36.8 Å². The Morgan fingerprint density at radius 3 is 1.74 bits per heavy atom. The fourth-order valence-corrected chi connectivity index (χ4v) is 12.5. The third kappa shape index (κ3) is 6.34. The second kappa shape index (κ2) is 15.0. The molecule has 0 saturated heterocycles. The summed E-state index contributed by atoms with van der Waals surface area (Å²) in [5.74, 6) is 0. The Labute approximate surface area is 404 Å². The van der Waals surface area contributed by atoms with Crippen molar-refractivity contribution >= 4 is 74.3 Å². The molecule has 0 aromatic heterocycles. The summed E-state index contributed by atoms with van der Waals surface area (Å²) in [5, 5.41) is 0. The number of fused-ring (bicyclic) bond motifs is 7. The van der Waals surface area contributed by atoms with Crippen LogP contribution in [0.2, 0.25) is 0 Å². The fraction of sp³-hybridized carbons (Fsp3) is 0.238. The highest BCUT2D eigenvalue weighted by Gasteiger charge is 2.60. The number of hydrogen-bond acceptors (Lipinski definition) is 4. The molecular weight excluding hydrogens is 824 g/mol. The van der Waals surface area contributed by atoms with E-state index >= 15 is 0 Å². The van der Waals surface area contributed by atoms with Crippen molar-refractivity contribution in [2.24, 2.45) is 0 Å². The lowest BCUT2D eigenvalue weighted by atomic mass is 9.33. The Hall–Kier alpha value is -6.98. The molecular formula is C63H61BN4. The second-order valence-electron chi connectivity index (χ2n) is 22.4. The van der Waals surface area contributed by atoms with Crippen molar-refractivity contribution in [3.05, 3.63) is 193 Å². The summed E-state index contributed by atoms with van der Waals surface area (Å²) < 4.78 is 0. The summed E-state index contributed by atoms with van der Waals surface area (Å²) in [6, 6.07) is 66.6. The van der Waals surface area contributed by atoms with Crippen LogP contribution in [0.5, 0.6) is 0 Å². The van der Waals surface area contributed by atoms with Crippen LogP contribution in [-0.2, 0) is 16.2 Å². The van der Waals surface area contributed by atoms with Gasteiger partial charge < -0.3 is 20.4 Å². The normalized spacial score (nSPS) is 19.1. The molecule has 8 aromatic carbocycles. The maximum absolute atomic E-state index is 6.66. The number of benzene rings is 8. The van der Waals surface area contributed by atoms with Gasteiger partial charge in [0.05, 0.1) is 5.54 Å². The van der Waals surface area contributed by atoms with Crippen LogP contribution in [0.4, 0.5) is 51.2 Å². The number of rotatable bonds is 5. The molecule has 2 atom stereocenters. The molecule has 1 saturated carbocycles. The smallest absolute Gasteiger partial charge is 0.252 e. The van der Waals surface area contributed by atoms with Gasteiger partial charge in [-0.15, -0.1) is 0 Å². The van der Waals surface area contributed by atoms with E-state index in [2.05, 4.69) is 246 Å². The van der Waals surface area contributed by atoms with Crippen LogP contribution in [0.1, 0.15) is 91.3 Å². The van der Waals surface area contributed by atoms with Gasteiger partial charge in [-0.25, -0.2) is 0 Å². The van der Waals surface area contributed by atoms with Gasteiger partial charge in [0.2, 0.25) is 0 Å². The Morgan fingerprint density at radius 1 is 0.456 bits per heavy atom. The number of hydrogen-bond donors (Lipinski definition) is 1. The first-order valence-electron chi connectivity index (χ1n) is 24.7. The van der Waals surface area contributed by atoms with E-state index in [0.717, 1.165) is 24.2 Å². The molecule has 1 fully saturated rings. The van der Waals surface area contributed by atoms with Crippen LogP contribution in [0.3, 0.4) is 0 Å². The predicted molar refractivity (Wildman–Crippen MR) is 291 cm³/mol. The van der Waals surface area contributed by atoms with E-state index in [1.165, 1.54) is 102 Å². The largest absolute Gasteiger partial charge is 0.399 e. The molecule has 0 spiro atoms. The first-order valence-corrected chi connectivity index (χ1v) is 24.7. The zero-order chi connectivity index (χ0) is 46.9. The fourth-order valence-electron chi connectivity index (χ4n) is 12.5. The summed E-state index contributed by atoms with van der Waals surface area (Å²) in [7, 11) is 0. The maximum Gasteiger partial charge on any atom is 0.252 e. The van der Waals surface area contributed by atoms with E-state index < -0.39 is 0 Å². The van der Waals surface area contributed by atoms with Gasteiger partial charge in [0.1, 0.15) is 0 Å². The van der Waals surface area contributed by atoms with Gasteiger partial charge in [0.25, 0.3) is 6.71 Å². The lowest BCUT2D eigenvalue weighted by Gasteiger charge is -2.47.